The third-order valence-corrected chi connectivity index (χ3v) is 3.75. The van der Waals surface area contributed by atoms with E-state index < -0.39 is 23.3 Å². The average Bonchev–Trinajstić information content (AvgIpc) is 2.35. The molecule has 2 rings (SSSR count). The number of halogens is 2. The van der Waals surface area contributed by atoms with Gasteiger partial charge >= 0.3 is 0 Å². The van der Waals surface area contributed by atoms with Gasteiger partial charge in [-0.2, -0.15) is 0 Å². The first-order chi connectivity index (χ1) is 8.51. The smallest absolute Gasteiger partial charge is 0.159 e. The summed E-state index contributed by atoms with van der Waals surface area (Å²) in [5.41, 5.74) is -0.580. The second-order valence-corrected chi connectivity index (χ2v) is 5.13. The molecule has 1 aliphatic rings. The molecule has 0 aromatic heterocycles. The van der Waals surface area contributed by atoms with Gasteiger partial charge in [-0.25, -0.2) is 8.78 Å². The molecule has 4 heteroatoms. The zero-order chi connectivity index (χ0) is 13.2. The lowest BCUT2D eigenvalue weighted by Crippen LogP contribution is -2.45. The maximum atomic E-state index is 13.0. The van der Waals surface area contributed by atoms with E-state index in [4.69, 9.17) is 0 Å². The predicted octanol–water partition coefficient (Wildman–Crippen LogP) is 2.56. The Morgan fingerprint density at radius 2 is 1.78 bits per heavy atom. The Kier molecular flexibility index (Phi) is 3.97. The maximum absolute atomic E-state index is 13.0. The van der Waals surface area contributed by atoms with Crippen molar-refractivity contribution in [3.05, 3.63) is 35.4 Å². The molecule has 1 aromatic rings. The molecule has 0 spiro atoms. The molecule has 0 heterocycles. The number of rotatable bonds is 3. The first-order valence-corrected chi connectivity index (χ1v) is 6.36. The van der Waals surface area contributed by atoms with E-state index in [2.05, 4.69) is 0 Å². The van der Waals surface area contributed by atoms with Crippen LogP contribution in [0.2, 0.25) is 0 Å². The van der Waals surface area contributed by atoms with Gasteiger partial charge in [0.1, 0.15) is 0 Å². The van der Waals surface area contributed by atoms with E-state index in [0.29, 0.717) is 18.4 Å². The highest BCUT2D eigenvalue weighted by Crippen LogP contribution is 2.32. The highest BCUT2D eigenvalue weighted by molar-refractivity contribution is 5.19. The molecule has 100 valence electrons. The molecule has 1 saturated carbocycles. The number of benzene rings is 1. The lowest BCUT2D eigenvalue weighted by Gasteiger charge is -2.36. The Bertz CT molecular complexity index is 414. The Hall–Kier alpha value is -1.00. The molecule has 0 amide bonds. The summed E-state index contributed by atoms with van der Waals surface area (Å²) in [5.74, 6) is -1.82. The monoisotopic (exact) mass is 256 g/mol. The second kappa shape index (κ2) is 5.33. The average molecular weight is 256 g/mol. The van der Waals surface area contributed by atoms with Crippen molar-refractivity contribution < 1.29 is 19.0 Å². The third-order valence-electron chi connectivity index (χ3n) is 3.75. The van der Waals surface area contributed by atoms with Gasteiger partial charge in [0.25, 0.3) is 0 Å². The third kappa shape index (κ3) is 2.87. The number of hydrogen-bond donors (Lipinski definition) is 2. The van der Waals surface area contributed by atoms with Crippen LogP contribution in [0.4, 0.5) is 8.78 Å². The first kappa shape index (κ1) is 13.4. The Labute approximate surface area is 105 Å². The maximum Gasteiger partial charge on any atom is 0.159 e. The Morgan fingerprint density at radius 1 is 1.11 bits per heavy atom. The van der Waals surface area contributed by atoms with Crippen molar-refractivity contribution in [2.45, 2.75) is 50.2 Å². The zero-order valence-corrected chi connectivity index (χ0v) is 10.2. The predicted molar refractivity (Wildman–Crippen MR) is 64.1 cm³/mol. The molecule has 0 saturated heterocycles. The van der Waals surface area contributed by atoms with Crippen molar-refractivity contribution in [1.29, 1.82) is 0 Å². The molecule has 1 aliphatic carbocycles. The van der Waals surface area contributed by atoms with Gasteiger partial charge in [-0.1, -0.05) is 25.3 Å². The van der Waals surface area contributed by atoms with Gasteiger partial charge in [0, 0.05) is 6.42 Å². The molecular formula is C14H18F2O2. The lowest BCUT2D eigenvalue weighted by atomic mass is 9.79. The van der Waals surface area contributed by atoms with E-state index in [-0.39, 0.29) is 6.42 Å². The summed E-state index contributed by atoms with van der Waals surface area (Å²) in [6.45, 7) is 0. The van der Waals surface area contributed by atoms with Gasteiger partial charge in [-0.05, 0) is 30.5 Å². The van der Waals surface area contributed by atoms with Gasteiger partial charge < -0.3 is 10.2 Å². The van der Waals surface area contributed by atoms with Crippen LogP contribution in [0.15, 0.2) is 18.2 Å². The molecule has 2 nitrogen and oxygen atoms in total. The summed E-state index contributed by atoms with van der Waals surface area (Å²) in [6, 6.07) is 3.56. The van der Waals surface area contributed by atoms with Gasteiger partial charge in [0.15, 0.2) is 11.6 Å². The van der Waals surface area contributed by atoms with Crippen LogP contribution in [0.3, 0.4) is 0 Å². The van der Waals surface area contributed by atoms with Gasteiger partial charge in [-0.15, -0.1) is 0 Å². The normalized spacial score (nSPS) is 20.7. The van der Waals surface area contributed by atoms with Crippen molar-refractivity contribution in [3.63, 3.8) is 0 Å². The Morgan fingerprint density at radius 3 is 2.39 bits per heavy atom. The van der Waals surface area contributed by atoms with E-state index in [1.807, 2.05) is 0 Å². The summed E-state index contributed by atoms with van der Waals surface area (Å²) in [6.07, 6.45) is 3.21. The SMILES string of the molecule is OC(Cc1ccc(F)c(F)c1)C1(O)CCCCC1. The fraction of sp³-hybridized carbons (Fsp3) is 0.571. The summed E-state index contributed by atoms with van der Waals surface area (Å²) >= 11 is 0. The van der Waals surface area contributed by atoms with Crippen LogP contribution in [0.5, 0.6) is 0 Å². The van der Waals surface area contributed by atoms with E-state index in [0.717, 1.165) is 31.4 Å². The van der Waals surface area contributed by atoms with Gasteiger partial charge in [0.2, 0.25) is 0 Å². The molecule has 0 radical (unpaired) electrons. The van der Waals surface area contributed by atoms with Crippen LogP contribution in [0, 0.1) is 11.6 Å². The first-order valence-electron chi connectivity index (χ1n) is 6.36. The highest BCUT2D eigenvalue weighted by atomic mass is 19.2. The van der Waals surface area contributed by atoms with Crippen LogP contribution < -0.4 is 0 Å². The zero-order valence-electron chi connectivity index (χ0n) is 10.2. The molecular weight excluding hydrogens is 238 g/mol. The second-order valence-electron chi connectivity index (χ2n) is 5.13. The summed E-state index contributed by atoms with van der Waals surface area (Å²) in [5, 5.41) is 20.4. The van der Waals surface area contributed by atoms with Crippen molar-refractivity contribution >= 4 is 0 Å². The van der Waals surface area contributed by atoms with Crippen molar-refractivity contribution in [3.8, 4) is 0 Å². The molecule has 0 aliphatic heterocycles. The minimum Gasteiger partial charge on any atom is -0.390 e. The van der Waals surface area contributed by atoms with E-state index >= 15 is 0 Å². The van der Waals surface area contributed by atoms with Crippen LogP contribution >= 0.6 is 0 Å². The number of aliphatic hydroxyl groups excluding tert-OH is 1. The number of hydrogen-bond acceptors (Lipinski definition) is 2. The highest BCUT2D eigenvalue weighted by Gasteiger charge is 2.36. The molecule has 18 heavy (non-hydrogen) atoms. The lowest BCUT2D eigenvalue weighted by molar-refractivity contribution is -0.0960. The topological polar surface area (TPSA) is 40.5 Å². The molecule has 0 bridgehead atoms. The van der Waals surface area contributed by atoms with Crippen molar-refractivity contribution in [1.82, 2.24) is 0 Å². The van der Waals surface area contributed by atoms with E-state index in [1.165, 1.54) is 6.07 Å². The summed E-state index contributed by atoms with van der Waals surface area (Å²) < 4.78 is 25.8. The molecule has 1 unspecified atom stereocenters. The quantitative estimate of drug-likeness (QED) is 0.872. The largest absolute Gasteiger partial charge is 0.390 e. The van der Waals surface area contributed by atoms with Crippen molar-refractivity contribution in [2.75, 3.05) is 0 Å². The van der Waals surface area contributed by atoms with E-state index in [9.17, 15) is 19.0 Å². The van der Waals surface area contributed by atoms with Gasteiger partial charge in [-0.3, -0.25) is 0 Å². The fourth-order valence-electron chi connectivity index (χ4n) is 2.58. The number of aliphatic hydroxyl groups is 2. The summed E-state index contributed by atoms with van der Waals surface area (Å²) in [7, 11) is 0. The Balaban J connectivity index is 2.05. The van der Waals surface area contributed by atoms with Crippen LogP contribution in [0.1, 0.15) is 37.7 Å². The molecule has 1 atom stereocenters. The fourth-order valence-corrected chi connectivity index (χ4v) is 2.58. The standard InChI is InChI=1S/C14H18F2O2/c15-11-5-4-10(8-12(11)16)9-13(17)14(18)6-2-1-3-7-14/h4-5,8,13,17-18H,1-3,6-7,9H2. The van der Waals surface area contributed by atoms with Crippen LogP contribution in [-0.4, -0.2) is 21.9 Å². The van der Waals surface area contributed by atoms with Crippen molar-refractivity contribution in [2.24, 2.45) is 0 Å². The minimum atomic E-state index is -1.08. The summed E-state index contributed by atoms with van der Waals surface area (Å²) in [4.78, 5) is 0. The van der Waals surface area contributed by atoms with Crippen LogP contribution in [0.25, 0.3) is 0 Å². The van der Waals surface area contributed by atoms with E-state index in [1.54, 1.807) is 0 Å². The van der Waals surface area contributed by atoms with Crippen LogP contribution in [-0.2, 0) is 6.42 Å². The minimum absolute atomic E-state index is 0.147. The molecule has 1 aromatic carbocycles. The molecule has 1 fully saturated rings. The molecule has 2 N–H and O–H groups in total. The van der Waals surface area contributed by atoms with Gasteiger partial charge in [0.05, 0.1) is 11.7 Å².